The summed E-state index contributed by atoms with van der Waals surface area (Å²) in [6.45, 7) is 4.52. The van der Waals surface area contributed by atoms with Crippen LogP contribution < -0.4 is 16.8 Å². The average molecular weight is 340 g/mol. The quantitative estimate of drug-likeness (QED) is 0.660. The molecule has 24 heavy (non-hydrogen) atoms. The fourth-order valence-corrected chi connectivity index (χ4v) is 3.31. The zero-order chi connectivity index (χ0) is 17.1. The fourth-order valence-electron chi connectivity index (χ4n) is 2.41. The van der Waals surface area contributed by atoms with Crippen molar-refractivity contribution in [1.82, 2.24) is 15.0 Å². The number of nitrogens with one attached hydrogen (secondary N) is 1. The Balaban J connectivity index is 1.85. The monoisotopic (exact) mass is 340 g/mol. The van der Waals surface area contributed by atoms with Gasteiger partial charge in [0.25, 0.3) is 0 Å². The van der Waals surface area contributed by atoms with Crippen molar-refractivity contribution >= 4 is 23.0 Å². The first kappa shape index (κ1) is 16.5. The van der Waals surface area contributed by atoms with E-state index in [-0.39, 0.29) is 6.04 Å². The Morgan fingerprint density at radius 1 is 1.17 bits per heavy atom. The van der Waals surface area contributed by atoms with Gasteiger partial charge in [-0.1, -0.05) is 6.07 Å². The van der Waals surface area contributed by atoms with Crippen LogP contribution in [0.3, 0.4) is 0 Å². The van der Waals surface area contributed by atoms with Crippen LogP contribution in [0.2, 0.25) is 0 Å². The lowest BCUT2D eigenvalue weighted by molar-refractivity contribution is 0.750. The van der Waals surface area contributed by atoms with Gasteiger partial charge in [0, 0.05) is 29.5 Å². The number of hydrogen-bond acceptors (Lipinski definition) is 7. The average Bonchev–Trinajstić information content (AvgIpc) is 3.03. The van der Waals surface area contributed by atoms with E-state index in [9.17, 15) is 0 Å². The first-order chi connectivity index (χ1) is 11.5. The highest BCUT2D eigenvalue weighted by atomic mass is 32.1. The topological polar surface area (TPSA) is 103 Å². The van der Waals surface area contributed by atoms with E-state index in [1.165, 1.54) is 22.5 Å². The summed E-state index contributed by atoms with van der Waals surface area (Å²) in [5.41, 5.74) is 15.7. The molecule has 5 N–H and O–H groups in total. The third-order valence-electron chi connectivity index (χ3n) is 3.50. The van der Waals surface area contributed by atoms with E-state index < -0.39 is 0 Å². The second kappa shape index (κ2) is 7.04. The van der Waals surface area contributed by atoms with Gasteiger partial charge in [0.05, 0.1) is 6.04 Å². The molecule has 7 heteroatoms. The molecule has 0 saturated heterocycles. The first-order valence-electron chi connectivity index (χ1n) is 7.65. The van der Waals surface area contributed by atoms with Gasteiger partial charge in [-0.2, -0.15) is 0 Å². The summed E-state index contributed by atoms with van der Waals surface area (Å²) in [6.07, 6.45) is 3.48. The summed E-state index contributed by atoms with van der Waals surface area (Å²) in [5.74, 6) is 0.539. The minimum Gasteiger partial charge on any atom is -0.329 e. The van der Waals surface area contributed by atoms with Crippen LogP contribution in [0.25, 0.3) is 10.7 Å². The van der Waals surface area contributed by atoms with Crippen molar-refractivity contribution in [3.05, 3.63) is 52.7 Å². The second-order valence-corrected chi connectivity index (χ2v) is 6.74. The smallest absolute Gasteiger partial charge is 0.227 e. The number of anilines is 2. The van der Waals surface area contributed by atoms with Gasteiger partial charge in [0.2, 0.25) is 5.95 Å². The molecule has 2 aromatic heterocycles. The first-order valence-corrected chi connectivity index (χ1v) is 8.47. The van der Waals surface area contributed by atoms with Crippen LogP contribution in [0.15, 0.2) is 36.7 Å². The van der Waals surface area contributed by atoms with E-state index in [4.69, 9.17) is 11.5 Å². The number of rotatable bonds is 5. The van der Waals surface area contributed by atoms with Crippen LogP contribution >= 0.6 is 11.3 Å². The number of thiazole rings is 1. The maximum atomic E-state index is 5.95. The minimum atomic E-state index is -0.189. The molecule has 0 fully saturated rings. The Bertz CT molecular complexity index is 824. The number of benzene rings is 1. The molecule has 0 aliphatic rings. The minimum absolute atomic E-state index is 0.189. The van der Waals surface area contributed by atoms with Crippen LogP contribution in [-0.2, 0) is 0 Å². The van der Waals surface area contributed by atoms with Crippen molar-refractivity contribution in [3.63, 3.8) is 0 Å². The summed E-state index contributed by atoms with van der Waals surface area (Å²) in [5, 5.41) is 4.05. The zero-order valence-electron chi connectivity index (χ0n) is 13.7. The number of aryl methyl sites for hydroxylation is 2. The molecule has 1 atom stereocenters. The van der Waals surface area contributed by atoms with Gasteiger partial charge in [-0.3, -0.25) is 0 Å². The molecule has 0 saturated carbocycles. The highest BCUT2D eigenvalue weighted by molar-refractivity contribution is 7.15. The van der Waals surface area contributed by atoms with Crippen molar-refractivity contribution in [1.29, 1.82) is 0 Å². The van der Waals surface area contributed by atoms with Crippen LogP contribution in [0.5, 0.6) is 0 Å². The van der Waals surface area contributed by atoms with E-state index in [2.05, 4.69) is 52.3 Å². The molecule has 2 heterocycles. The molecule has 3 aromatic rings. The van der Waals surface area contributed by atoms with Gasteiger partial charge in [0.15, 0.2) is 0 Å². The van der Waals surface area contributed by atoms with Crippen molar-refractivity contribution in [2.24, 2.45) is 11.5 Å². The van der Waals surface area contributed by atoms with Gasteiger partial charge < -0.3 is 16.8 Å². The van der Waals surface area contributed by atoms with Gasteiger partial charge in [-0.25, -0.2) is 15.0 Å². The highest BCUT2D eigenvalue weighted by Gasteiger charge is 2.12. The van der Waals surface area contributed by atoms with Gasteiger partial charge in [-0.15, -0.1) is 11.3 Å². The predicted molar refractivity (Wildman–Crippen MR) is 98.3 cm³/mol. The Morgan fingerprint density at radius 3 is 2.62 bits per heavy atom. The molecular weight excluding hydrogens is 320 g/mol. The van der Waals surface area contributed by atoms with E-state index in [1.807, 2.05) is 6.07 Å². The van der Waals surface area contributed by atoms with E-state index in [0.29, 0.717) is 12.5 Å². The number of aromatic nitrogens is 3. The van der Waals surface area contributed by atoms with Crippen LogP contribution in [0, 0.1) is 13.8 Å². The SMILES string of the molecule is Cc1cc(C)cc(Nc2nccc(-c3ncc(C(N)CN)s3)n2)c1. The molecule has 0 radical (unpaired) electrons. The largest absolute Gasteiger partial charge is 0.329 e. The maximum Gasteiger partial charge on any atom is 0.227 e. The summed E-state index contributed by atoms with van der Waals surface area (Å²) in [4.78, 5) is 14.2. The van der Waals surface area contributed by atoms with Gasteiger partial charge in [-0.05, 0) is 43.2 Å². The van der Waals surface area contributed by atoms with Crippen LogP contribution in [0.1, 0.15) is 22.0 Å². The standard InChI is InChI=1S/C17H20N6S/c1-10-5-11(2)7-12(6-10)22-17-20-4-3-14(23-17)16-21-9-15(24-16)13(19)8-18/h3-7,9,13H,8,18-19H2,1-2H3,(H,20,22,23). The predicted octanol–water partition coefficient (Wildman–Crippen LogP) is 2.92. The lowest BCUT2D eigenvalue weighted by atomic mass is 10.1. The molecule has 6 nitrogen and oxygen atoms in total. The van der Waals surface area contributed by atoms with Crippen LogP contribution in [0.4, 0.5) is 11.6 Å². The third-order valence-corrected chi connectivity index (χ3v) is 4.65. The van der Waals surface area contributed by atoms with Crippen molar-refractivity contribution in [3.8, 4) is 10.7 Å². The molecule has 1 aromatic carbocycles. The van der Waals surface area contributed by atoms with Crippen LogP contribution in [-0.4, -0.2) is 21.5 Å². The molecule has 0 amide bonds. The maximum absolute atomic E-state index is 5.95. The molecule has 0 spiro atoms. The molecule has 0 aliphatic heterocycles. The second-order valence-electron chi connectivity index (χ2n) is 5.68. The lowest BCUT2D eigenvalue weighted by Gasteiger charge is -2.08. The van der Waals surface area contributed by atoms with E-state index >= 15 is 0 Å². The Kier molecular flexibility index (Phi) is 4.84. The zero-order valence-corrected chi connectivity index (χ0v) is 14.5. The van der Waals surface area contributed by atoms with Gasteiger partial charge >= 0.3 is 0 Å². The molecule has 124 valence electrons. The molecule has 3 rings (SSSR count). The normalized spacial score (nSPS) is 12.2. The fraction of sp³-hybridized carbons (Fsp3) is 0.235. The Hall–Kier alpha value is -2.35. The summed E-state index contributed by atoms with van der Waals surface area (Å²) < 4.78 is 0. The van der Waals surface area contributed by atoms with E-state index in [0.717, 1.165) is 21.3 Å². The number of nitrogens with zero attached hydrogens (tertiary/aromatic N) is 3. The molecule has 0 aliphatic carbocycles. The summed E-state index contributed by atoms with van der Waals surface area (Å²) in [6, 6.07) is 7.89. The van der Waals surface area contributed by atoms with Crippen molar-refractivity contribution in [2.75, 3.05) is 11.9 Å². The Labute approximate surface area is 145 Å². The van der Waals surface area contributed by atoms with Crippen molar-refractivity contribution < 1.29 is 0 Å². The van der Waals surface area contributed by atoms with Crippen molar-refractivity contribution in [2.45, 2.75) is 19.9 Å². The third kappa shape index (κ3) is 3.76. The molecular formula is C17H20N6S. The van der Waals surface area contributed by atoms with Gasteiger partial charge in [0.1, 0.15) is 10.7 Å². The lowest BCUT2D eigenvalue weighted by Crippen LogP contribution is -2.19. The Morgan fingerprint density at radius 2 is 1.92 bits per heavy atom. The van der Waals surface area contributed by atoms with E-state index in [1.54, 1.807) is 12.4 Å². The summed E-state index contributed by atoms with van der Waals surface area (Å²) >= 11 is 1.50. The highest BCUT2D eigenvalue weighted by Crippen LogP contribution is 2.27. The summed E-state index contributed by atoms with van der Waals surface area (Å²) in [7, 11) is 0. The molecule has 1 unspecified atom stereocenters. The number of nitrogens with two attached hydrogens (primary N) is 2. The number of hydrogen-bond donors (Lipinski definition) is 3. The molecule has 0 bridgehead atoms.